The van der Waals surface area contributed by atoms with E-state index in [0.717, 1.165) is 25.2 Å². The molecule has 2 saturated heterocycles. The maximum atomic E-state index is 13.0. The number of amides is 2. The summed E-state index contributed by atoms with van der Waals surface area (Å²) in [6.45, 7) is 7.37. The molecule has 5 rings (SSSR count). The van der Waals surface area contributed by atoms with Crippen molar-refractivity contribution in [3.8, 4) is 0 Å². The molecule has 1 aliphatic carbocycles. The Kier molecular flexibility index (Phi) is 4.61. The number of carbonyl (C=O) groups excluding carboxylic acids is 2. The topological polar surface area (TPSA) is 43.9 Å². The number of aryl methyl sites for hydroxylation is 2. The summed E-state index contributed by atoms with van der Waals surface area (Å²) in [5.41, 5.74) is 5.38. The second kappa shape index (κ2) is 7.31. The number of hydrogen-bond donors (Lipinski definition) is 0. The molecule has 30 heavy (non-hydrogen) atoms. The van der Waals surface area contributed by atoms with Crippen molar-refractivity contribution in [2.75, 3.05) is 36.0 Å². The molecule has 154 valence electrons. The van der Waals surface area contributed by atoms with Gasteiger partial charge in [0.25, 0.3) is 5.91 Å². The Bertz CT molecular complexity index is 1020. The highest BCUT2D eigenvalue weighted by Gasteiger charge is 2.41. The van der Waals surface area contributed by atoms with Crippen LogP contribution in [0.25, 0.3) is 0 Å². The fraction of sp³-hybridized carbons (Fsp3) is 0.360. The molecule has 5 nitrogen and oxygen atoms in total. The molecule has 0 N–H and O–H groups in total. The monoisotopic (exact) mass is 401 g/mol. The van der Waals surface area contributed by atoms with Gasteiger partial charge in [0.15, 0.2) is 0 Å². The van der Waals surface area contributed by atoms with Gasteiger partial charge in [-0.05, 0) is 56.2 Å². The Morgan fingerprint density at radius 2 is 1.67 bits per heavy atom. The molecule has 0 radical (unpaired) electrons. The van der Waals surface area contributed by atoms with Crippen molar-refractivity contribution in [2.45, 2.75) is 26.3 Å². The van der Waals surface area contributed by atoms with E-state index in [1.807, 2.05) is 40.1 Å². The summed E-state index contributed by atoms with van der Waals surface area (Å²) in [4.78, 5) is 31.6. The van der Waals surface area contributed by atoms with E-state index in [4.69, 9.17) is 0 Å². The molecule has 2 unspecified atom stereocenters. The minimum atomic E-state index is 0.0322. The van der Waals surface area contributed by atoms with Crippen LogP contribution in [-0.4, -0.2) is 48.9 Å². The minimum Gasteiger partial charge on any atom is -0.368 e. The summed E-state index contributed by atoms with van der Waals surface area (Å²) in [5, 5.41) is 0. The van der Waals surface area contributed by atoms with Crippen LogP contribution in [0.4, 0.5) is 11.4 Å². The maximum Gasteiger partial charge on any atom is 0.253 e. The Morgan fingerprint density at radius 1 is 0.933 bits per heavy atom. The zero-order chi connectivity index (χ0) is 20.8. The molecule has 2 aromatic carbocycles. The van der Waals surface area contributed by atoms with E-state index in [0.29, 0.717) is 18.7 Å². The van der Waals surface area contributed by atoms with E-state index in [-0.39, 0.29) is 23.8 Å². The molecule has 0 saturated carbocycles. The van der Waals surface area contributed by atoms with Crippen LogP contribution in [-0.2, 0) is 4.79 Å². The van der Waals surface area contributed by atoms with Gasteiger partial charge in [0, 0.05) is 43.1 Å². The fourth-order valence-electron chi connectivity index (χ4n) is 4.97. The second-order valence-corrected chi connectivity index (χ2v) is 8.62. The molecule has 2 bridgehead atoms. The molecule has 0 spiro atoms. The summed E-state index contributed by atoms with van der Waals surface area (Å²) in [5.74, 6) is 0.268. The summed E-state index contributed by atoms with van der Waals surface area (Å²) in [6.07, 6.45) is 5.00. The molecule has 2 amide bonds. The molecule has 2 atom stereocenters. The van der Waals surface area contributed by atoms with Gasteiger partial charge in [-0.3, -0.25) is 9.59 Å². The summed E-state index contributed by atoms with van der Waals surface area (Å²) in [6, 6.07) is 14.2. The number of piperazine rings is 1. The van der Waals surface area contributed by atoms with Gasteiger partial charge >= 0.3 is 0 Å². The predicted octanol–water partition coefficient (Wildman–Crippen LogP) is 3.56. The van der Waals surface area contributed by atoms with E-state index in [1.54, 1.807) is 0 Å². The van der Waals surface area contributed by atoms with Crippen molar-refractivity contribution >= 4 is 23.2 Å². The zero-order valence-corrected chi connectivity index (χ0v) is 17.5. The predicted molar refractivity (Wildman–Crippen MR) is 119 cm³/mol. The molecule has 2 aliphatic heterocycles. The van der Waals surface area contributed by atoms with Gasteiger partial charge in [0.2, 0.25) is 5.91 Å². The second-order valence-electron chi connectivity index (χ2n) is 8.62. The summed E-state index contributed by atoms with van der Waals surface area (Å²) >= 11 is 0. The number of hydrogen-bond acceptors (Lipinski definition) is 3. The molecule has 0 aromatic heterocycles. The molecule has 3 aliphatic rings. The first-order valence-corrected chi connectivity index (χ1v) is 10.7. The van der Waals surface area contributed by atoms with Crippen LogP contribution >= 0.6 is 0 Å². The zero-order valence-electron chi connectivity index (χ0n) is 17.5. The molecule has 2 aromatic rings. The lowest BCUT2D eigenvalue weighted by Gasteiger charge is -2.37. The SMILES string of the molecule is Cc1ccc(N2CCN(C(=O)c3ccc(N4C(=O)C5C=CC4C5)cc3)CC2)c(C)c1. The van der Waals surface area contributed by atoms with Crippen molar-refractivity contribution < 1.29 is 9.59 Å². The van der Waals surface area contributed by atoms with Crippen molar-refractivity contribution in [1.82, 2.24) is 4.90 Å². The third kappa shape index (κ3) is 3.18. The largest absolute Gasteiger partial charge is 0.368 e. The van der Waals surface area contributed by atoms with Gasteiger partial charge < -0.3 is 14.7 Å². The Balaban J connectivity index is 1.24. The molecular weight excluding hydrogens is 374 g/mol. The Hall–Kier alpha value is -3.08. The lowest BCUT2D eigenvalue weighted by molar-refractivity contribution is -0.119. The minimum absolute atomic E-state index is 0.0322. The van der Waals surface area contributed by atoms with Crippen molar-refractivity contribution in [1.29, 1.82) is 0 Å². The van der Waals surface area contributed by atoms with Crippen LogP contribution in [0.5, 0.6) is 0 Å². The number of rotatable bonds is 3. The standard InChI is InChI=1S/C25H27N3O2/c1-17-3-10-23(18(2)15-17)26-11-13-27(14-12-26)24(29)19-4-7-21(8-5-19)28-22-9-6-20(16-22)25(28)30/h3-10,15,20,22H,11-14,16H2,1-2H3. The Morgan fingerprint density at radius 3 is 2.30 bits per heavy atom. The third-order valence-corrected chi connectivity index (χ3v) is 6.60. The summed E-state index contributed by atoms with van der Waals surface area (Å²) in [7, 11) is 0. The molecular formula is C25H27N3O2. The first kappa shape index (κ1) is 18.9. The number of fused-ring (bicyclic) bond motifs is 2. The van der Waals surface area contributed by atoms with Gasteiger partial charge in [0.1, 0.15) is 0 Å². The van der Waals surface area contributed by atoms with Crippen molar-refractivity contribution in [2.24, 2.45) is 5.92 Å². The van der Waals surface area contributed by atoms with Crippen LogP contribution in [0, 0.1) is 19.8 Å². The quantitative estimate of drug-likeness (QED) is 0.739. The van der Waals surface area contributed by atoms with Gasteiger partial charge in [-0.2, -0.15) is 0 Å². The van der Waals surface area contributed by atoms with Gasteiger partial charge in [-0.1, -0.05) is 29.8 Å². The van der Waals surface area contributed by atoms with Gasteiger partial charge in [0.05, 0.1) is 12.0 Å². The van der Waals surface area contributed by atoms with E-state index >= 15 is 0 Å². The highest BCUT2D eigenvalue weighted by atomic mass is 16.2. The number of nitrogens with zero attached hydrogens (tertiary/aromatic N) is 3. The number of anilines is 2. The third-order valence-electron chi connectivity index (χ3n) is 6.60. The first-order chi connectivity index (χ1) is 14.5. The van der Waals surface area contributed by atoms with E-state index in [1.165, 1.54) is 16.8 Å². The number of benzene rings is 2. The first-order valence-electron chi connectivity index (χ1n) is 10.7. The average Bonchev–Trinajstić information content (AvgIpc) is 3.35. The van der Waals surface area contributed by atoms with Gasteiger partial charge in [-0.15, -0.1) is 0 Å². The van der Waals surface area contributed by atoms with Crippen LogP contribution < -0.4 is 9.80 Å². The van der Waals surface area contributed by atoms with Crippen LogP contribution in [0.15, 0.2) is 54.6 Å². The Labute approximate surface area is 177 Å². The van der Waals surface area contributed by atoms with Crippen molar-refractivity contribution in [3.05, 3.63) is 71.3 Å². The van der Waals surface area contributed by atoms with E-state index < -0.39 is 0 Å². The van der Waals surface area contributed by atoms with Gasteiger partial charge in [-0.25, -0.2) is 0 Å². The van der Waals surface area contributed by atoms with Crippen molar-refractivity contribution in [3.63, 3.8) is 0 Å². The normalized spacial score (nSPS) is 22.9. The molecule has 5 heteroatoms. The average molecular weight is 402 g/mol. The fourth-order valence-corrected chi connectivity index (χ4v) is 4.97. The maximum absolute atomic E-state index is 13.0. The number of carbonyl (C=O) groups is 2. The lowest BCUT2D eigenvalue weighted by Crippen LogP contribution is -2.49. The van der Waals surface area contributed by atoms with Crippen LogP contribution in [0.3, 0.4) is 0 Å². The summed E-state index contributed by atoms with van der Waals surface area (Å²) < 4.78 is 0. The van der Waals surface area contributed by atoms with E-state index in [2.05, 4.69) is 43.0 Å². The smallest absolute Gasteiger partial charge is 0.253 e. The highest BCUT2D eigenvalue weighted by molar-refractivity contribution is 6.01. The lowest BCUT2D eigenvalue weighted by atomic mass is 10.1. The van der Waals surface area contributed by atoms with Crippen LogP contribution in [0.2, 0.25) is 0 Å². The molecule has 2 fully saturated rings. The van der Waals surface area contributed by atoms with Crippen LogP contribution in [0.1, 0.15) is 27.9 Å². The van der Waals surface area contributed by atoms with E-state index in [9.17, 15) is 9.59 Å². The molecule has 2 heterocycles. The highest BCUT2D eigenvalue weighted by Crippen LogP contribution is 2.36.